The SMILES string of the molecule is COc1cc(C(=O)NCCCN2CCOCC2)ccc1OC1CCCC1. The van der Waals surface area contributed by atoms with Crippen LogP contribution < -0.4 is 14.8 Å². The lowest BCUT2D eigenvalue weighted by Crippen LogP contribution is -2.38. The fourth-order valence-electron chi connectivity index (χ4n) is 3.52. The molecule has 1 saturated heterocycles. The molecule has 2 fully saturated rings. The fourth-order valence-corrected chi connectivity index (χ4v) is 3.52. The smallest absolute Gasteiger partial charge is 0.251 e. The molecule has 0 unspecified atom stereocenters. The summed E-state index contributed by atoms with van der Waals surface area (Å²) in [5, 5.41) is 2.99. The largest absolute Gasteiger partial charge is 0.493 e. The second kappa shape index (κ2) is 9.78. The number of carbonyl (C=O) groups excluding carboxylic acids is 1. The van der Waals surface area contributed by atoms with Crippen molar-refractivity contribution in [3.63, 3.8) is 0 Å². The van der Waals surface area contributed by atoms with Crippen molar-refractivity contribution in [1.82, 2.24) is 10.2 Å². The molecule has 1 amide bonds. The number of amides is 1. The van der Waals surface area contributed by atoms with Crippen molar-refractivity contribution >= 4 is 5.91 Å². The van der Waals surface area contributed by atoms with E-state index in [2.05, 4.69) is 10.2 Å². The fraction of sp³-hybridized carbons (Fsp3) is 0.650. The molecule has 3 rings (SSSR count). The standard InChI is InChI=1S/C20H30N2O4/c1-24-19-15-16(7-8-18(19)26-17-5-2-3-6-17)20(23)21-9-4-10-22-11-13-25-14-12-22/h7-8,15,17H,2-6,9-14H2,1H3,(H,21,23). The van der Waals surface area contributed by atoms with Gasteiger partial charge in [-0.2, -0.15) is 0 Å². The topological polar surface area (TPSA) is 60.0 Å². The molecule has 1 saturated carbocycles. The summed E-state index contributed by atoms with van der Waals surface area (Å²) in [7, 11) is 1.61. The van der Waals surface area contributed by atoms with Crippen LogP contribution in [0.2, 0.25) is 0 Å². The average Bonchev–Trinajstić information content (AvgIpc) is 3.19. The number of methoxy groups -OCH3 is 1. The van der Waals surface area contributed by atoms with Crippen molar-refractivity contribution in [2.24, 2.45) is 0 Å². The number of ether oxygens (including phenoxy) is 3. The highest BCUT2D eigenvalue weighted by Crippen LogP contribution is 2.32. The number of hydrogen-bond donors (Lipinski definition) is 1. The Hall–Kier alpha value is -1.79. The number of carbonyl (C=O) groups is 1. The van der Waals surface area contributed by atoms with Gasteiger partial charge in [-0.05, 0) is 56.8 Å². The van der Waals surface area contributed by atoms with Gasteiger partial charge in [-0.1, -0.05) is 0 Å². The Morgan fingerprint density at radius 3 is 2.73 bits per heavy atom. The molecule has 6 nitrogen and oxygen atoms in total. The molecule has 0 spiro atoms. The van der Waals surface area contributed by atoms with Crippen LogP contribution in [0, 0.1) is 0 Å². The average molecular weight is 362 g/mol. The molecule has 1 N–H and O–H groups in total. The third kappa shape index (κ3) is 5.35. The Kier molecular flexibility index (Phi) is 7.14. The molecule has 0 atom stereocenters. The minimum atomic E-state index is -0.0716. The molecule has 0 bridgehead atoms. The molecule has 1 aromatic rings. The first-order chi connectivity index (χ1) is 12.8. The predicted octanol–water partition coefficient (Wildman–Crippen LogP) is 2.47. The van der Waals surface area contributed by atoms with Gasteiger partial charge in [0.25, 0.3) is 5.91 Å². The number of morpholine rings is 1. The number of rotatable bonds is 8. The van der Waals surface area contributed by atoms with E-state index in [1.54, 1.807) is 13.2 Å². The van der Waals surface area contributed by atoms with Gasteiger partial charge in [-0.15, -0.1) is 0 Å². The summed E-state index contributed by atoms with van der Waals surface area (Å²) >= 11 is 0. The Morgan fingerprint density at radius 2 is 2.00 bits per heavy atom. The van der Waals surface area contributed by atoms with Crippen LogP contribution in [0.5, 0.6) is 11.5 Å². The predicted molar refractivity (Wildman–Crippen MR) is 100 cm³/mol. The van der Waals surface area contributed by atoms with E-state index in [0.717, 1.165) is 57.9 Å². The van der Waals surface area contributed by atoms with Gasteiger partial charge >= 0.3 is 0 Å². The van der Waals surface area contributed by atoms with E-state index >= 15 is 0 Å². The Labute approximate surface area is 155 Å². The lowest BCUT2D eigenvalue weighted by atomic mass is 10.2. The quantitative estimate of drug-likeness (QED) is 0.720. The second-order valence-electron chi connectivity index (χ2n) is 6.95. The number of hydrogen-bond acceptors (Lipinski definition) is 5. The minimum absolute atomic E-state index is 0.0716. The van der Waals surface area contributed by atoms with Crippen molar-refractivity contribution in [3.8, 4) is 11.5 Å². The summed E-state index contributed by atoms with van der Waals surface area (Å²) in [5.41, 5.74) is 0.604. The third-order valence-corrected chi connectivity index (χ3v) is 5.06. The second-order valence-corrected chi connectivity index (χ2v) is 6.95. The van der Waals surface area contributed by atoms with Crippen LogP contribution in [0.15, 0.2) is 18.2 Å². The first-order valence-electron chi connectivity index (χ1n) is 9.69. The minimum Gasteiger partial charge on any atom is -0.493 e. The maximum absolute atomic E-state index is 12.4. The molecule has 1 aliphatic carbocycles. The zero-order valence-corrected chi connectivity index (χ0v) is 15.7. The molecule has 6 heteroatoms. The maximum Gasteiger partial charge on any atom is 0.251 e. The lowest BCUT2D eigenvalue weighted by Gasteiger charge is -2.26. The van der Waals surface area contributed by atoms with Crippen LogP contribution in [0.4, 0.5) is 0 Å². The van der Waals surface area contributed by atoms with E-state index in [1.807, 2.05) is 12.1 Å². The zero-order valence-electron chi connectivity index (χ0n) is 15.7. The number of nitrogens with one attached hydrogen (secondary N) is 1. The highest BCUT2D eigenvalue weighted by molar-refractivity contribution is 5.94. The first kappa shape index (κ1) is 19.0. The van der Waals surface area contributed by atoms with Crippen LogP contribution in [0.1, 0.15) is 42.5 Å². The molecule has 0 aromatic heterocycles. The van der Waals surface area contributed by atoms with Crippen molar-refractivity contribution < 1.29 is 19.0 Å². The zero-order chi connectivity index (χ0) is 18.2. The van der Waals surface area contributed by atoms with E-state index in [0.29, 0.717) is 17.9 Å². The summed E-state index contributed by atoms with van der Waals surface area (Å²) in [4.78, 5) is 14.7. The van der Waals surface area contributed by atoms with E-state index < -0.39 is 0 Å². The molecule has 1 heterocycles. The molecule has 1 aromatic carbocycles. The van der Waals surface area contributed by atoms with Crippen LogP contribution in [-0.2, 0) is 4.74 Å². The Bertz CT molecular complexity index is 581. The number of nitrogens with zero attached hydrogens (tertiary/aromatic N) is 1. The molecule has 1 aliphatic heterocycles. The Balaban J connectivity index is 1.47. The van der Waals surface area contributed by atoms with Crippen molar-refractivity contribution in [2.75, 3.05) is 46.5 Å². The maximum atomic E-state index is 12.4. The summed E-state index contributed by atoms with van der Waals surface area (Å²) in [5.74, 6) is 1.28. The van der Waals surface area contributed by atoms with Gasteiger partial charge in [0.05, 0.1) is 26.4 Å². The molecule has 0 radical (unpaired) electrons. The normalized spacial score (nSPS) is 18.7. The molecule has 144 valence electrons. The van der Waals surface area contributed by atoms with Gasteiger partial charge in [0, 0.05) is 25.2 Å². The molecular weight excluding hydrogens is 332 g/mol. The molecule has 2 aliphatic rings. The lowest BCUT2D eigenvalue weighted by molar-refractivity contribution is 0.0374. The van der Waals surface area contributed by atoms with Crippen molar-refractivity contribution in [3.05, 3.63) is 23.8 Å². The van der Waals surface area contributed by atoms with Crippen molar-refractivity contribution in [1.29, 1.82) is 0 Å². The summed E-state index contributed by atoms with van der Waals surface area (Å²) in [6, 6.07) is 5.42. The summed E-state index contributed by atoms with van der Waals surface area (Å²) < 4.78 is 16.8. The van der Waals surface area contributed by atoms with E-state index in [9.17, 15) is 4.79 Å². The third-order valence-electron chi connectivity index (χ3n) is 5.06. The van der Waals surface area contributed by atoms with Gasteiger partial charge in [-0.25, -0.2) is 0 Å². The monoisotopic (exact) mass is 362 g/mol. The van der Waals surface area contributed by atoms with E-state index in [1.165, 1.54) is 12.8 Å². The molecule has 26 heavy (non-hydrogen) atoms. The highest BCUT2D eigenvalue weighted by atomic mass is 16.5. The number of benzene rings is 1. The highest BCUT2D eigenvalue weighted by Gasteiger charge is 2.19. The molecular formula is C20H30N2O4. The van der Waals surface area contributed by atoms with Gasteiger partial charge in [-0.3, -0.25) is 9.69 Å². The van der Waals surface area contributed by atoms with Crippen LogP contribution in [0.25, 0.3) is 0 Å². The van der Waals surface area contributed by atoms with Crippen molar-refractivity contribution in [2.45, 2.75) is 38.2 Å². The van der Waals surface area contributed by atoms with Crippen LogP contribution >= 0.6 is 0 Å². The van der Waals surface area contributed by atoms with Gasteiger partial charge in [0.2, 0.25) is 0 Å². The van der Waals surface area contributed by atoms with Crippen LogP contribution in [0.3, 0.4) is 0 Å². The summed E-state index contributed by atoms with van der Waals surface area (Å²) in [6.07, 6.45) is 5.83. The van der Waals surface area contributed by atoms with Gasteiger partial charge in [0.15, 0.2) is 11.5 Å². The van der Waals surface area contributed by atoms with Gasteiger partial charge < -0.3 is 19.5 Å². The van der Waals surface area contributed by atoms with Gasteiger partial charge in [0.1, 0.15) is 0 Å². The van der Waals surface area contributed by atoms with Crippen LogP contribution in [-0.4, -0.2) is 63.4 Å². The first-order valence-corrected chi connectivity index (χ1v) is 9.69. The summed E-state index contributed by atoms with van der Waals surface area (Å²) in [6.45, 7) is 5.23. The Morgan fingerprint density at radius 1 is 1.23 bits per heavy atom. The van der Waals surface area contributed by atoms with E-state index in [-0.39, 0.29) is 12.0 Å². The van der Waals surface area contributed by atoms with E-state index in [4.69, 9.17) is 14.2 Å².